The van der Waals surface area contributed by atoms with Crippen molar-refractivity contribution >= 4 is 27.7 Å². The van der Waals surface area contributed by atoms with Crippen molar-refractivity contribution in [3.63, 3.8) is 0 Å². The zero-order valence-electron chi connectivity index (χ0n) is 9.82. The van der Waals surface area contributed by atoms with E-state index in [-0.39, 0.29) is 0 Å². The van der Waals surface area contributed by atoms with Gasteiger partial charge in [-0.2, -0.15) is 0 Å². The van der Waals surface area contributed by atoms with E-state index in [2.05, 4.69) is 65.3 Å². The van der Waals surface area contributed by atoms with E-state index < -0.39 is 0 Å². The quantitative estimate of drug-likeness (QED) is 0.713. The zero-order valence-corrected chi connectivity index (χ0v) is 12.2. The van der Waals surface area contributed by atoms with Crippen LogP contribution in [0.2, 0.25) is 0 Å². The Bertz CT molecular complexity index is 480. The fourth-order valence-electron chi connectivity index (χ4n) is 1.69. The molecule has 0 unspecified atom stereocenters. The average molecular weight is 307 g/mol. The normalized spacial score (nSPS) is 10.5. The maximum absolute atomic E-state index is 3.65. The summed E-state index contributed by atoms with van der Waals surface area (Å²) in [5, 5.41) is 0. The number of hydrogen-bond donors (Lipinski definition) is 0. The molecule has 88 valence electrons. The molecule has 0 radical (unpaired) electrons. The maximum atomic E-state index is 3.65. The Hall–Kier alpha value is -0.730. The van der Waals surface area contributed by atoms with Gasteiger partial charge in [-0.1, -0.05) is 65.3 Å². The van der Waals surface area contributed by atoms with Crippen molar-refractivity contribution < 1.29 is 0 Å². The van der Waals surface area contributed by atoms with E-state index in [1.165, 1.54) is 26.2 Å². The lowest BCUT2D eigenvalue weighted by molar-refractivity contribution is 0.915. The van der Waals surface area contributed by atoms with E-state index in [0.717, 1.165) is 6.42 Å². The van der Waals surface area contributed by atoms with Crippen LogP contribution in [-0.2, 0) is 6.42 Å². The molecule has 0 fully saturated rings. The van der Waals surface area contributed by atoms with E-state index in [4.69, 9.17) is 0 Å². The molecule has 2 heteroatoms. The molecule has 17 heavy (non-hydrogen) atoms. The van der Waals surface area contributed by atoms with Gasteiger partial charge < -0.3 is 0 Å². The Balaban J connectivity index is 2.15. The minimum Gasteiger partial charge on any atom is -0.0901 e. The minimum atomic E-state index is 1.14. The van der Waals surface area contributed by atoms with Gasteiger partial charge in [0.15, 0.2) is 0 Å². The monoisotopic (exact) mass is 306 g/mol. The van der Waals surface area contributed by atoms with Crippen LogP contribution in [-0.4, -0.2) is 0 Å². The molecule has 0 heterocycles. The van der Waals surface area contributed by atoms with Crippen molar-refractivity contribution in [2.75, 3.05) is 0 Å². The first-order valence-corrected chi connectivity index (χ1v) is 7.42. The van der Waals surface area contributed by atoms with E-state index in [1.54, 1.807) is 11.8 Å². The third-order valence-electron chi connectivity index (χ3n) is 2.52. The highest BCUT2D eigenvalue weighted by Crippen LogP contribution is 2.31. The highest BCUT2D eigenvalue weighted by molar-refractivity contribution is 9.10. The van der Waals surface area contributed by atoms with Crippen molar-refractivity contribution in [3.8, 4) is 0 Å². The van der Waals surface area contributed by atoms with Crippen LogP contribution in [0.15, 0.2) is 62.8 Å². The molecule has 0 aliphatic rings. The van der Waals surface area contributed by atoms with Gasteiger partial charge in [-0.25, -0.2) is 0 Å². The van der Waals surface area contributed by atoms with Gasteiger partial charge in [-0.15, -0.1) is 0 Å². The van der Waals surface area contributed by atoms with Crippen molar-refractivity contribution in [2.45, 2.75) is 29.6 Å². The second kappa shape index (κ2) is 6.27. The van der Waals surface area contributed by atoms with Crippen LogP contribution in [0.4, 0.5) is 0 Å². The molecule has 0 saturated heterocycles. The Morgan fingerprint density at radius 1 is 1.00 bits per heavy atom. The summed E-state index contributed by atoms with van der Waals surface area (Å²) < 4.78 is 1.22. The van der Waals surface area contributed by atoms with Gasteiger partial charge in [0.25, 0.3) is 0 Å². The van der Waals surface area contributed by atoms with Gasteiger partial charge in [0.1, 0.15) is 0 Å². The molecule has 0 nitrogen and oxygen atoms in total. The topological polar surface area (TPSA) is 0 Å². The molecule has 0 atom stereocenters. The van der Waals surface area contributed by atoms with Crippen molar-refractivity contribution in [3.05, 3.63) is 58.6 Å². The number of rotatable bonds is 4. The Labute approximate surface area is 116 Å². The van der Waals surface area contributed by atoms with Crippen LogP contribution < -0.4 is 0 Å². The summed E-state index contributed by atoms with van der Waals surface area (Å²) in [6, 6.07) is 17.1. The minimum absolute atomic E-state index is 1.14. The molecule has 0 aliphatic carbocycles. The summed E-state index contributed by atoms with van der Waals surface area (Å²) in [6.07, 6.45) is 2.32. The number of hydrogen-bond acceptors (Lipinski definition) is 1. The molecule has 0 saturated carbocycles. The van der Waals surface area contributed by atoms with E-state index >= 15 is 0 Å². The first-order chi connectivity index (χ1) is 8.29. The van der Waals surface area contributed by atoms with Crippen LogP contribution in [0.3, 0.4) is 0 Å². The summed E-state index contributed by atoms with van der Waals surface area (Å²) in [4.78, 5) is 2.56. The predicted octanol–water partition coefficient (Wildman–Crippen LogP) is 5.55. The van der Waals surface area contributed by atoms with Gasteiger partial charge in [0, 0.05) is 14.3 Å². The molecular weight excluding hydrogens is 292 g/mol. The van der Waals surface area contributed by atoms with Gasteiger partial charge in [0.2, 0.25) is 0 Å². The molecule has 0 bridgehead atoms. The lowest BCUT2D eigenvalue weighted by Gasteiger charge is -2.06. The SMILES string of the molecule is CCCc1ccc(Sc2ccccc2)cc1Br. The standard InChI is InChI=1S/C15H15BrS/c1-2-6-12-9-10-14(11-15(12)16)17-13-7-4-3-5-8-13/h3-5,7-11H,2,6H2,1H3. The number of halogens is 1. The molecule has 0 spiro atoms. The van der Waals surface area contributed by atoms with Crippen molar-refractivity contribution in [2.24, 2.45) is 0 Å². The van der Waals surface area contributed by atoms with Crippen molar-refractivity contribution in [1.82, 2.24) is 0 Å². The van der Waals surface area contributed by atoms with Crippen LogP contribution in [0.5, 0.6) is 0 Å². The largest absolute Gasteiger partial charge is 0.0901 e. The molecule has 0 aliphatic heterocycles. The predicted molar refractivity (Wildman–Crippen MR) is 78.7 cm³/mol. The highest BCUT2D eigenvalue weighted by atomic mass is 79.9. The second-order valence-electron chi connectivity index (χ2n) is 3.92. The van der Waals surface area contributed by atoms with Crippen molar-refractivity contribution in [1.29, 1.82) is 0 Å². The molecule has 0 N–H and O–H groups in total. The molecule has 2 rings (SSSR count). The third kappa shape index (κ3) is 3.62. The van der Waals surface area contributed by atoms with Gasteiger partial charge in [-0.05, 0) is 36.2 Å². The van der Waals surface area contributed by atoms with Gasteiger partial charge in [-0.3, -0.25) is 0 Å². The first-order valence-electron chi connectivity index (χ1n) is 5.81. The summed E-state index contributed by atoms with van der Waals surface area (Å²) >= 11 is 5.45. The molecule has 2 aromatic rings. The van der Waals surface area contributed by atoms with E-state index in [0.29, 0.717) is 0 Å². The molecule has 0 amide bonds. The van der Waals surface area contributed by atoms with Gasteiger partial charge in [0.05, 0.1) is 0 Å². The van der Waals surface area contributed by atoms with Crippen LogP contribution in [0.1, 0.15) is 18.9 Å². The van der Waals surface area contributed by atoms with E-state index in [1.807, 2.05) is 6.07 Å². The average Bonchev–Trinajstić information content (AvgIpc) is 2.34. The third-order valence-corrected chi connectivity index (χ3v) is 4.26. The second-order valence-corrected chi connectivity index (χ2v) is 5.92. The van der Waals surface area contributed by atoms with Gasteiger partial charge >= 0.3 is 0 Å². The zero-order chi connectivity index (χ0) is 12.1. The fourth-order valence-corrected chi connectivity index (χ4v) is 3.30. The van der Waals surface area contributed by atoms with Crippen LogP contribution >= 0.6 is 27.7 Å². The maximum Gasteiger partial charge on any atom is 0.0218 e. The molecular formula is C15H15BrS. The summed E-state index contributed by atoms with van der Waals surface area (Å²) in [6.45, 7) is 2.21. The number of aryl methyl sites for hydroxylation is 1. The highest BCUT2D eigenvalue weighted by Gasteiger charge is 2.02. The lowest BCUT2D eigenvalue weighted by atomic mass is 10.1. The molecule has 2 aromatic carbocycles. The van der Waals surface area contributed by atoms with Crippen LogP contribution in [0.25, 0.3) is 0 Å². The van der Waals surface area contributed by atoms with E-state index in [9.17, 15) is 0 Å². The summed E-state index contributed by atoms with van der Waals surface area (Å²) in [7, 11) is 0. The lowest BCUT2D eigenvalue weighted by Crippen LogP contribution is -1.85. The number of benzene rings is 2. The summed E-state index contributed by atoms with van der Waals surface area (Å²) in [5.74, 6) is 0. The smallest absolute Gasteiger partial charge is 0.0218 e. The summed E-state index contributed by atoms with van der Waals surface area (Å²) in [5.41, 5.74) is 1.39. The Kier molecular flexibility index (Phi) is 4.69. The Morgan fingerprint density at radius 3 is 2.41 bits per heavy atom. The Morgan fingerprint density at radius 2 is 1.76 bits per heavy atom. The molecule has 0 aromatic heterocycles. The van der Waals surface area contributed by atoms with Crippen LogP contribution in [0, 0.1) is 0 Å². The fraction of sp³-hybridized carbons (Fsp3) is 0.200. The first kappa shape index (κ1) is 12.7.